The van der Waals surface area contributed by atoms with Crippen LogP contribution in [-0.4, -0.2) is 29.4 Å². The fraction of sp³-hybridized carbons (Fsp3) is 0.650. The molecule has 1 saturated heterocycles. The Bertz CT molecular complexity index is 593. The molecule has 0 spiro atoms. The summed E-state index contributed by atoms with van der Waals surface area (Å²) in [5, 5.41) is 0. The number of nitrogens with two attached hydrogens (primary N) is 1. The van der Waals surface area contributed by atoms with Gasteiger partial charge in [-0.05, 0) is 56.1 Å². The Labute approximate surface area is 139 Å². The predicted molar refractivity (Wildman–Crippen MR) is 92.3 cm³/mol. The Kier molecular flexibility index (Phi) is 3.72. The van der Waals surface area contributed by atoms with E-state index in [0.717, 1.165) is 58.0 Å². The van der Waals surface area contributed by atoms with Crippen LogP contribution in [0, 0.1) is 0 Å². The zero-order valence-corrected chi connectivity index (χ0v) is 14.0. The molecule has 2 N–H and O–H groups in total. The van der Waals surface area contributed by atoms with Crippen LogP contribution >= 0.6 is 0 Å². The molecule has 0 atom stereocenters. The Morgan fingerprint density at radius 1 is 1.00 bits per heavy atom. The molecule has 124 valence electrons. The van der Waals surface area contributed by atoms with Gasteiger partial charge in [0, 0.05) is 18.6 Å². The maximum Gasteiger partial charge on any atom is 0.233 e. The first-order chi connectivity index (χ1) is 11.1. The van der Waals surface area contributed by atoms with Crippen molar-refractivity contribution in [2.45, 2.75) is 68.7 Å². The SMILES string of the molecule is NC1(Cc2ccccc2C2(C(=O)N3CCCCCC3)CC2)CC1. The molecule has 2 saturated carbocycles. The highest BCUT2D eigenvalue weighted by Gasteiger charge is 2.54. The molecule has 3 nitrogen and oxygen atoms in total. The zero-order chi connectivity index (χ0) is 15.9. The van der Waals surface area contributed by atoms with Gasteiger partial charge in [-0.15, -0.1) is 0 Å². The van der Waals surface area contributed by atoms with Crippen LogP contribution in [0.1, 0.15) is 62.5 Å². The lowest BCUT2D eigenvalue weighted by atomic mass is 9.87. The molecule has 3 fully saturated rings. The lowest BCUT2D eigenvalue weighted by Gasteiger charge is -2.28. The molecule has 0 aromatic heterocycles. The van der Waals surface area contributed by atoms with Crippen molar-refractivity contribution < 1.29 is 4.79 Å². The van der Waals surface area contributed by atoms with Crippen molar-refractivity contribution in [2.24, 2.45) is 5.73 Å². The van der Waals surface area contributed by atoms with E-state index in [1.165, 1.54) is 24.0 Å². The maximum atomic E-state index is 13.3. The van der Waals surface area contributed by atoms with E-state index in [9.17, 15) is 4.79 Å². The number of carbonyl (C=O) groups excluding carboxylic acids is 1. The molecule has 3 aliphatic rings. The molecular weight excluding hydrogens is 284 g/mol. The summed E-state index contributed by atoms with van der Waals surface area (Å²) in [6.07, 6.45) is 10.0. The molecular formula is C20H28N2O. The third-order valence-corrected chi connectivity index (χ3v) is 6.02. The van der Waals surface area contributed by atoms with Gasteiger partial charge in [-0.1, -0.05) is 37.1 Å². The number of benzene rings is 1. The Hall–Kier alpha value is -1.35. The molecule has 0 bridgehead atoms. The van der Waals surface area contributed by atoms with Crippen molar-refractivity contribution in [3.8, 4) is 0 Å². The van der Waals surface area contributed by atoms with E-state index in [1.54, 1.807) is 0 Å². The van der Waals surface area contributed by atoms with E-state index in [0.29, 0.717) is 5.91 Å². The van der Waals surface area contributed by atoms with Crippen molar-refractivity contribution >= 4 is 5.91 Å². The summed E-state index contributed by atoms with van der Waals surface area (Å²) in [6.45, 7) is 1.90. The minimum atomic E-state index is -0.230. The summed E-state index contributed by atoms with van der Waals surface area (Å²) in [6, 6.07) is 8.56. The fourth-order valence-electron chi connectivity index (χ4n) is 4.16. The first-order valence-electron chi connectivity index (χ1n) is 9.30. The van der Waals surface area contributed by atoms with Gasteiger partial charge >= 0.3 is 0 Å². The number of likely N-dealkylation sites (tertiary alicyclic amines) is 1. The number of rotatable bonds is 4. The second kappa shape index (κ2) is 5.62. The van der Waals surface area contributed by atoms with E-state index in [4.69, 9.17) is 5.73 Å². The average molecular weight is 312 g/mol. The van der Waals surface area contributed by atoms with Crippen LogP contribution in [0.15, 0.2) is 24.3 Å². The fourth-order valence-corrected chi connectivity index (χ4v) is 4.16. The van der Waals surface area contributed by atoms with Crippen LogP contribution in [0.4, 0.5) is 0 Å². The molecule has 0 unspecified atom stereocenters. The van der Waals surface area contributed by atoms with Gasteiger partial charge in [0.05, 0.1) is 5.41 Å². The monoisotopic (exact) mass is 312 g/mol. The largest absolute Gasteiger partial charge is 0.342 e. The van der Waals surface area contributed by atoms with Crippen LogP contribution in [0.2, 0.25) is 0 Å². The molecule has 3 heteroatoms. The van der Waals surface area contributed by atoms with E-state index in [1.807, 2.05) is 0 Å². The number of hydrogen-bond acceptors (Lipinski definition) is 2. The Balaban J connectivity index is 1.60. The standard InChI is InChI=1S/C20H28N2O/c21-19(9-10-19)15-16-7-3-4-8-17(16)20(11-12-20)18(23)22-13-5-1-2-6-14-22/h3-4,7-8H,1-2,5-6,9-15,21H2. The molecule has 1 amide bonds. The van der Waals surface area contributed by atoms with E-state index in [-0.39, 0.29) is 11.0 Å². The number of amides is 1. The van der Waals surface area contributed by atoms with E-state index >= 15 is 0 Å². The van der Waals surface area contributed by atoms with Gasteiger partial charge in [-0.3, -0.25) is 4.79 Å². The van der Waals surface area contributed by atoms with Crippen molar-refractivity contribution in [1.29, 1.82) is 0 Å². The van der Waals surface area contributed by atoms with Gasteiger partial charge in [-0.25, -0.2) is 0 Å². The molecule has 1 heterocycles. The third kappa shape index (κ3) is 2.91. The average Bonchev–Trinajstić information content (AvgIpc) is 3.44. The quantitative estimate of drug-likeness (QED) is 0.928. The van der Waals surface area contributed by atoms with Crippen molar-refractivity contribution in [1.82, 2.24) is 4.90 Å². The van der Waals surface area contributed by atoms with Gasteiger partial charge in [0.2, 0.25) is 5.91 Å². The van der Waals surface area contributed by atoms with Crippen molar-refractivity contribution in [2.75, 3.05) is 13.1 Å². The summed E-state index contributed by atoms with van der Waals surface area (Å²) in [7, 11) is 0. The molecule has 1 aliphatic heterocycles. The second-order valence-electron chi connectivity index (χ2n) is 7.98. The smallest absolute Gasteiger partial charge is 0.233 e. The first-order valence-corrected chi connectivity index (χ1v) is 9.30. The van der Waals surface area contributed by atoms with Crippen LogP contribution < -0.4 is 5.73 Å². The lowest BCUT2D eigenvalue weighted by molar-refractivity contribution is -0.133. The van der Waals surface area contributed by atoms with Crippen LogP contribution in [0.5, 0.6) is 0 Å². The highest BCUT2D eigenvalue weighted by Crippen LogP contribution is 2.52. The van der Waals surface area contributed by atoms with Gasteiger partial charge in [-0.2, -0.15) is 0 Å². The second-order valence-corrected chi connectivity index (χ2v) is 7.98. The van der Waals surface area contributed by atoms with Crippen LogP contribution in [0.25, 0.3) is 0 Å². The van der Waals surface area contributed by atoms with Gasteiger partial charge in [0.25, 0.3) is 0 Å². The molecule has 2 aliphatic carbocycles. The molecule has 0 radical (unpaired) electrons. The van der Waals surface area contributed by atoms with Gasteiger partial charge in [0.15, 0.2) is 0 Å². The number of hydrogen-bond donors (Lipinski definition) is 1. The summed E-state index contributed by atoms with van der Waals surface area (Å²) in [4.78, 5) is 15.4. The highest BCUT2D eigenvalue weighted by molar-refractivity contribution is 5.91. The van der Waals surface area contributed by atoms with E-state index in [2.05, 4.69) is 29.2 Å². The van der Waals surface area contributed by atoms with Crippen molar-refractivity contribution in [3.05, 3.63) is 35.4 Å². The lowest BCUT2D eigenvalue weighted by Crippen LogP contribution is -2.40. The third-order valence-electron chi connectivity index (χ3n) is 6.02. The van der Waals surface area contributed by atoms with Gasteiger partial charge in [0.1, 0.15) is 0 Å². The Morgan fingerprint density at radius 3 is 2.26 bits per heavy atom. The number of carbonyl (C=O) groups is 1. The minimum Gasteiger partial charge on any atom is -0.342 e. The van der Waals surface area contributed by atoms with Crippen LogP contribution in [-0.2, 0) is 16.6 Å². The maximum absolute atomic E-state index is 13.3. The first kappa shape index (κ1) is 15.2. The molecule has 1 aromatic carbocycles. The molecule has 23 heavy (non-hydrogen) atoms. The zero-order valence-electron chi connectivity index (χ0n) is 14.0. The predicted octanol–water partition coefficient (Wildman–Crippen LogP) is 3.15. The van der Waals surface area contributed by atoms with Crippen LogP contribution in [0.3, 0.4) is 0 Å². The van der Waals surface area contributed by atoms with E-state index < -0.39 is 0 Å². The molecule has 4 rings (SSSR count). The summed E-state index contributed by atoms with van der Waals surface area (Å²) >= 11 is 0. The molecule has 1 aromatic rings. The number of nitrogens with zero attached hydrogens (tertiary/aromatic N) is 1. The summed E-state index contributed by atoms with van der Waals surface area (Å²) in [5.41, 5.74) is 8.71. The Morgan fingerprint density at radius 2 is 1.65 bits per heavy atom. The minimum absolute atomic E-state index is 0.00215. The van der Waals surface area contributed by atoms with Gasteiger partial charge < -0.3 is 10.6 Å². The summed E-state index contributed by atoms with van der Waals surface area (Å²) < 4.78 is 0. The summed E-state index contributed by atoms with van der Waals surface area (Å²) in [5.74, 6) is 0.383. The topological polar surface area (TPSA) is 46.3 Å². The van der Waals surface area contributed by atoms with Crippen molar-refractivity contribution in [3.63, 3.8) is 0 Å². The normalized spacial score (nSPS) is 24.8. The highest BCUT2D eigenvalue weighted by atomic mass is 16.2.